The molecular weight excluding hydrogens is 148 g/mol. The fraction of sp³-hybridized carbons (Fsp3) is 0.273. The molecule has 1 rings (SSSR count). The summed E-state index contributed by atoms with van der Waals surface area (Å²) in [6.45, 7) is 2.02. The van der Waals surface area contributed by atoms with Crippen LogP contribution in [0.5, 0.6) is 5.75 Å². The van der Waals surface area contributed by atoms with E-state index in [0.29, 0.717) is 5.75 Å². The summed E-state index contributed by atoms with van der Waals surface area (Å²) in [5.41, 5.74) is 1.19. The molecular formula is C11H14O. The van der Waals surface area contributed by atoms with Crippen molar-refractivity contribution in [2.45, 2.75) is 19.8 Å². The molecule has 0 atom stereocenters. The van der Waals surface area contributed by atoms with Gasteiger partial charge >= 0.3 is 0 Å². The highest BCUT2D eigenvalue weighted by Crippen LogP contribution is 2.12. The van der Waals surface area contributed by atoms with E-state index < -0.39 is 0 Å². The van der Waals surface area contributed by atoms with E-state index in [-0.39, 0.29) is 0 Å². The molecule has 1 aromatic rings. The molecule has 0 heterocycles. The molecule has 12 heavy (non-hydrogen) atoms. The minimum atomic E-state index is 0.355. The second kappa shape index (κ2) is 4.60. The van der Waals surface area contributed by atoms with Gasteiger partial charge in [-0.15, -0.1) is 0 Å². The quantitative estimate of drug-likeness (QED) is 0.677. The Hall–Kier alpha value is -1.24. The number of hydrogen-bond donors (Lipinski definition) is 1. The predicted molar refractivity (Wildman–Crippen MR) is 51.2 cm³/mol. The maximum Gasteiger partial charge on any atom is 0.115 e. The molecule has 0 unspecified atom stereocenters. The Kier molecular flexibility index (Phi) is 3.39. The smallest absolute Gasteiger partial charge is 0.115 e. The monoisotopic (exact) mass is 162 g/mol. The molecule has 0 radical (unpaired) electrons. The lowest BCUT2D eigenvalue weighted by molar-refractivity contribution is 0.474. The lowest BCUT2D eigenvalue weighted by Gasteiger charge is -1.98. The van der Waals surface area contributed by atoms with E-state index in [4.69, 9.17) is 5.11 Å². The Morgan fingerprint density at radius 1 is 1.42 bits per heavy atom. The van der Waals surface area contributed by atoms with E-state index >= 15 is 0 Å². The van der Waals surface area contributed by atoms with E-state index in [1.54, 1.807) is 6.07 Å². The number of benzene rings is 1. The van der Waals surface area contributed by atoms with Gasteiger partial charge in [0.25, 0.3) is 0 Å². The van der Waals surface area contributed by atoms with Crippen LogP contribution in [0.3, 0.4) is 0 Å². The van der Waals surface area contributed by atoms with E-state index in [1.165, 1.54) is 5.56 Å². The molecule has 0 bridgehead atoms. The first kappa shape index (κ1) is 8.85. The number of rotatable bonds is 3. The second-order valence-electron chi connectivity index (χ2n) is 2.78. The van der Waals surface area contributed by atoms with Gasteiger partial charge in [0.15, 0.2) is 0 Å². The summed E-state index contributed by atoms with van der Waals surface area (Å²) in [7, 11) is 0. The largest absolute Gasteiger partial charge is 0.508 e. The topological polar surface area (TPSA) is 20.2 Å². The lowest BCUT2D eigenvalue weighted by atomic mass is 10.1. The van der Waals surface area contributed by atoms with Gasteiger partial charge in [-0.25, -0.2) is 0 Å². The maximum absolute atomic E-state index is 9.15. The molecule has 0 aliphatic heterocycles. The highest BCUT2D eigenvalue weighted by Gasteiger charge is 1.91. The summed E-state index contributed by atoms with van der Waals surface area (Å²) in [5, 5.41) is 9.15. The van der Waals surface area contributed by atoms with E-state index in [2.05, 4.69) is 6.08 Å². The van der Waals surface area contributed by atoms with Crippen molar-refractivity contribution < 1.29 is 5.11 Å². The molecule has 1 aromatic carbocycles. The minimum Gasteiger partial charge on any atom is -0.508 e. The average molecular weight is 162 g/mol. The molecule has 1 nitrogen and oxygen atoms in total. The molecule has 0 saturated heterocycles. The van der Waals surface area contributed by atoms with Crippen LogP contribution in [0.2, 0.25) is 0 Å². The zero-order valence-electron chi connectivity index (χ0n) is 7.33. The summed E-state index contributed by atoms with van der Waals surface area (Å²) in [5.74, 6) is 0.355. The van der Waals surface area contributed by atoms with Crippen LogP contribution in [0, 0.1) is 0 Å². The number of phenols is 1. The van der Waals surface area contributed by atoms with Gasteiger partial charge in [0, 0.05) is 0 Å². The number of aromatic hydroxyl groups is 1. The van der Waals surface area contributed by atoms with E-state index in [1.807, 2.05) is 31.2 Å². The third kappa shape index (κ3) is 2.79. The number of phenolic OH excluding ortho intramolecular Hbond substituents is 1. The standard InChI is InChI=1S/C11H14O/c1-2-3-4-6-10-7-5-8-11(12)9-10/h2-3,5,7-9,12H,4,6H2,1H3/b3-2+. The van der Waals surface area contributed by atoms with Crippen LogP contribution in [0.25, 0.3) is 0 Å². The van der Waals surface area contributed by atoms with Gasteiger partial charge in [-0.3, -0.25) is 0 Å². The van der Waals surface area contributed by atoms with Crippen LogP contribution in [-0.4, -0.2) is 5.11 Å². The van der Waals surface area contributed by atoms with Crippen LogP contribution in [0.4, 0.5) is 0 Å². The summed E-state index contributed by atoms with van der Waals surface area (Å²) in [6, 6.07) is 7.41. The summed E-state index contributed by atoms with van der Waals surface area (Å²) in [6.07, 6.45) is 6.21. The molecule has 0 fully saturated rings. The first-order chi connectivity index (χ1) is 5.83. The first-order valence-electron chi connectivity index (χ1n) is 4.22. The van der Waals surface area contributed by atoms with Crippen molar-refractivity contribution in [1.82, 2.24) is 0 Å². The minimum absolute atomic E-state index is 0.355. The highest BCUT2D eigenvalue weighted by molar-refractivity contribution is 5.27. The Morgan fingerprint density at radius 2 is 2.25 bits per heavy atom. The molecule has 0 aliphatic carbocycles. The zero-order chi connectivity index (χ0) is 8.81. The van der Waals surface area contributed by atoms with Crippen LogP contribution in [-0.2, 0) is 6.42 Å². The predicted octanol–water partition coefficient (Wildman–Crippen LogP) is 2.90. The van der Waals surface area contributed by atoms with Crippen molar-refractivity contribution in [3.63, 3.8) is 0 Å². The Labute approximate surface area is 73.4 Å². The Bertz CT molecular complexity index is 263. The van der Waals surface area contributed by atoms with Gasteiger partial charge in [0.2, 0.25) is 0 Å². The van der Waals surface area contributed by atoms with Crippen LogP contribution >= 0.6 is 0 Å². The molecule has 0 saturated carbocycles. The van der Waals surface area contributed by atoms with Crippen molar-refractivity contribution in [3.8, 4) is 5.75 Å². The summed E-state index contributed by atoms with van der Waals surface area (Å²) in [4.78, 5) is 0. The number of aryl methyl sites for hydroxylation is 1. The van der Waals surface area contributed by atoms with Crippen molar-refractivity contribution in [2.75, 3.05) is 0 Å². The zero-order valence-corrected chi connectivity index (χ0v) is 7.33. The van der Waals surface area contributed by atoms with Crippen molar-refractivity contribution in [2.24, 2.45) is 0 Å². The first-order valence-corrected chi connectivity index (χ1v) is 4.22. The molecule has 0 aliphatic rings. The van der Waals surface area contributed by atoms with Gasteiger partial charge < -0.3 is 5.11 Å². The van der Waals surface area contributed by atoms with Crippen LogP contribution in [0.15, 0.2) is 36.4 Å². The van der Waals surface area contributed by atoms with Crippen molar-refractivity contribution in [1.29, 1.82) is 0 Å². The molecule has 64 valence electrons. The normalized spacial score (nSPS) is 10.8. The maximum atomic E-state index is 9.15. The van der Waals surface area contributed by atoms with Gasteiger partial charge in [-0.05, 0) is 37.5 Å². The summed E-state index contributed by atoms with van der Waals surface area (Å²) >= 11 is 0. The van der Waals surface area contributed by atoms with Crippen molar-refractivity contribution >= 4 is 0 Å². The van der Waals surface area contributed by atoms with Gasteiger partial charge in [-0.2, -0.15) is 0 Å². The van der Waals surface area contributed by atoms with Crippen molar-refractivity contribution in [3.05, 3.63) is 42.0 Å². The molecule has 0 spiro atoms. The van der Waals surface area contributed by atoms with Gasteiger partial charge in [-0.1, -0.05) is 24.3 Å². The van der Waals surface area contributed by atoms with Crippen LogP contribution < -0.4 is 0 Å². The van der Waals surface area contributed by atoms with Gasteiger partial charge in [0.1, 0.15) is 5.75 Å². The number of allylic oxidation sites excluding steroid dienone is 2. The highest BCUT2D eigenvalue weighted by atomic mass is 16.3. The SMILES string of the molecule is C/C=C/CCc1cccc(O)c1. The summed E-state index contributed by atoms with van der Waals surface area (Å²) < 4.78 is 0. The molecule has 1 N–H and O–H groups in total. The fourth-order valence-corrected chi connectivity index (χ4v) is 1.13. The fourth-order valence-electron chi connectivity index (χ4n) is 1.13. The number of hydrogen-bond acceptors (Lipinski definition) is 1. The third-order valence-electron chi connectivity index (χ3n) is 1.75. The molecule has 0 amide bonds. The Balaban J connectivity index is 2.52. The van der Waals surface area contributed by atoms with Gasteiger partial charge in [0.05, 0.1) is 0 Å². The Morgan fingerprint density at radius 3 is 2.92 bits per heavy atom. The molecule has 1 heteroatoms. The third-order valence-corrected chi connectivity index (χ3v) is 1.75. The van der Waals surface area contributed by atoms with E-state index in [9.17, 15) is 0 Å². The second-order valence-corrected chi connectivity index (χ2v) is 2.78. The lowest BCUT2D eigenvalue weighted by Crippen LogP contribution is -1.81. The van der Waals surface area contributed by atoms with E-state index in [0.717, 1.165) is 12.8 Å². The molecule has 0 aromatic heterocycles. The van der Waals surface area contributed by atoms with Crippen LogP contribution in [0.1, 0.15) is 18.9 Å². The average Bonchev–Trinajstić information content (AvgIpc) is 2.05.